The van der Waals surface area contributed by atoms with Crippen LogP contribution in [0.4, 0.5) is 0 Å². The standard InChI is InChI=1S/C12H26N2O3/c1-5-12(4,9-13)11(15)14-8-10(16-6-2)17-7-3/h10H,5-9,13H2,1-4H3,(H,14,15). The molecule has 102 valence electrons. The molecule has 1 atom stereocenters. The Bertz CT molecular complexity index is 212. The molecule has 0 aliphatic rings. The SMILES string of the molecule is CCOC(CNC(=O)C(C)(CC)CN)OCC. The normalized spacial score (nSPS) is 14.7. The minimum atomic E-state index is -0.511. The summed E-state index contributed by atoms with van der Waals surface area (Å²) in [7, 11) is 0. The lowest BCUT2D eigenvalue weighted by molar-refractivity contribution is -0.144. The van der Waals surface area contributed by atoms with Crippen LogP contribution in [0.15, 0.2) is 0 Å². The second-order valence-electron chi connectivity index (χ2n) is 4.17. The van der Waals surface area contributed by atoms with Gasteiger partial charge in [0, 0.05) is 19.8 Å². The predicted molar refractivity (Wildman–Crippen MR) is 67.5 cm³/mol. The Morgan fingerprint density at radius 1 is 1.29 bits per heavy atom. The number of carbonyl (C=O) groups excluding carboxylic acids is 1. The van der Waals surface area contributed by atoms with Crippen molar-refractivity contribution in [3.8, 4) is 0 Å². The molecular weight excluding hydrogens is 220 g/mol. The topological polar surface area (TPSA) is 73.6 Å². The Hall–Kier alpha value is -0.650. The molecule has 0 rings (SSSR count). The predicted octanol–water partition coefficient (Wildman–Crippen LogP) is 0.877. The molecule has 0 aliphatic carbocycles. The summed E-state index contributed by atoms with van der Waals surface area (Å²) in [5.74, 6) is -0.0492. The fourth-order valence-corrected chi connectivity index (χ4v) is 1.32. The third kappa shape index (κ3) is 5.48. The monoisotopic (exact) mass is 246 g/mol. The van der Waals surface area contributed by atoms with E-state index in [1.54, 1.807) is 0 Å². The second-order valence-corrected chi connectivity index (χ2v) is 4.17. The van der Waals surface area contributed by atoms with Crippen LogP contribution in [0.3, 0.4) is 0 Å². The number of rotatable bonds is 9. The lowest BCUT2D eigenvalue weighted by Crippen LogP contribution is -2.46. The molecule has 0 radical (unpaired) electrons. The molecule has 17 heavy (non-hydrogen) atoms. The summed E-state index contributed by atoms with van der Waals surface area (Å²) in [5.41, 5.74) is 5.11. The molecule has 0 aromatic rings. The molecule has 0 aromatic carbocycles. The molecule has 3 N–H and O–H groups in total. The van der Waals surface area contributed by atoms with Gasteiger partial charge in [0.1, 0.15) is 0 Å². The first-order valence-electron chi connectivity index (χ1n) is 6.25. The van der Waals surface area contributed by atoms with Crippen LogP contribution in [0.5, 0.6) is 0 Å². The van der Waals surface area contributed by atoms with Crippen molar-refractivity contribution >= 4 is 5.91 Å². The van der Waals surface area contributed by atoms with Gasteiger partial charge in [-0.15, -0.1) is 0 Å². The van der Waals surface area contributed by atoms with Crippen LogP contribution in [-0.2, 0) is 14.3 Å². The maximum atomic E-state index is 11.9. The van der Waals surface area contributed by atoms with Gasteiger partial charge in [0.15, 0.2) is 6.29 Å². The molecule has 5 nitrogen and oxygen atoms in total. The Balaban J connectivity index is 4.19. The first-order chi connectivity index (χ1) is 8.03. The van der Waals surface area contributed by atoms with Gasteiger partial charge in [-0.2, -0.15) is 0 Å². The Morgan fingerprint density at radius 2 is 1.82 bits per heavy atom. The van der Waals surface area contributed by atoms with E-state index in [4.69, 9.17) is 15.2 Å². The van der Waals surface area contributed by atoms with E-state index < -0.39 is 5.41 Å². The quantitative estimate of drug-likeness (QED) is 0.592. The summed E-state index contributed by atoms with van der Waals surface area (Å²) in [4.78, 5) is 11.9. The van der Waals surface area contributed by atoms with Crippen LogP contribution in [0.25, 0.3) is 0 Å². The first-order valence-corrected chi connectivity index (χ1v) is 6.25. The van der Waals surface area contributed by atoms with Gasteiger partial charge in [0.2, 0.25) is 5.91 Å². The zero-order chi connectivity index (χ0) is 13.3. The molecule has 0 aromatic heterocycles. The van der Waals surface area contributed by atoms with Crippen LogP contribution in [0, 0.1) is 5.41 Å². The Kier molecular flexibility index (Phi) is 8.12. The first kappa shape index (κ1) is 16.4. The third-order valence-corrected chi connectivity index (χ3v) is 2.91. The number of hydrogen-bond donors (Lipinski definition) is 2. The Labute approximate surface area is 104 Å². The summed E-state index contributed by atoms with van der Waals surface area (Å²) in [6.45, 7) is 9.41. The van der Waals surface area contributed by atoms with Crippen molar-refractivity contribution in [3.05, 3.63) is 0 Å². The van der Waals surface area contributed by atoms with Crippen LogP contribution in [0.2, 0.25) is 0 Å². The molecule has 5 heteroatoms. The molecule has 1 unspecified atom stereocenters. The second kappa shape index (κ2) is 8.44. The molecule has 0 fully saturated rings. The molecule has 0 saturated heterocycles. The van der Waals surface area contributed by atoms with E-state index >= 15 is 0 Å². The van der Waals surface area contributed by atoms with Crippen molar-refractivity contribution in [1.29, 1.82) is 0 Å². The van der Waals surface area contributed by atoms with Crippen LogP contribution < -0.4 is 11.1 Å². The lowest BCUT2D eigenvalue weighted by Gasteiger charge is -2.26. The highest BCUT2D eigenvalue weighted by molar-refractivity contribution is 5.82. The van der Waals surface area contributed by atoms with E-state index in [-0.39, 0.29) is 12.2 Å². The summed E-state index contributed by atoms with van der Waals surface area (Å²) in [6, 6.07) is 0. The van der Waals surface area contributed by atoms with E-state index in [9.17, 15) is 4.79 Å². The highest BCUT2D eigenvalue weighted by atomic mass is 16.7. The van der Waals surface area contributed by atoms with Gasteiger partial charge in [-0.25, -0.2) is 0 Å². The van der Waals surface area contributed by atoms with E-state index in [1.165, 1.54) is 0 Å². The number of amides is 1. The van der Waals surface area contributed by atoms with E-state index in [0.29, 0.717) is 32.7 Å². The van der Waals surface area contributed by atoms with Crippen LogP contribution >= 0.6 is 0 Å². The third-order valence-electron chi connectivity index (χ3n) is 2.91. The molecule has 0 spiro atoms. The van der Waals surface area contributed by atoms with Gasteiger partial charge in [-0.1, -0.05) is 6.92 Å². The molecular formula is C12H26N2O3. The largest absolute Gasteiger partial charge is 0.351 e. The molecule has 1 amide bonds. The van der Waals surface area contributed by atoms with Gasteiger partial charge in [-0.05, 0) is 27.2 Å². The minimum absolute atomic E-state index is 0.0492. The van der Waals surface area contributed by atoms with Crippen molar-refractivity contribution in [3.63, 3.8) is 0 Å². The fraction of sp³-hybridized carbons (Fsp3) is 0.917. The van der Waals surface area contributed by atoms with E-state index in [1.807, 2.05) is 27.7 Å². The molecule has 0 aliphatic heterocycles. The van der Waals surface area contributed by atoms with Crippen molar-refractivity contribution in [2.75, 3.05) is 26.3 Å². The lowest BCUT2D eigenvalue weighted by atomic mass is 9.87. The average molecular weight is 246 g/mol. The maximum Gasteiger partial charge on any atom is 0.227 e. The number of nitrogens with one attached hydrogen (secondary N) is 1. The van der Waals surface area contributed by atoms with Crippen molar-refractivity contribution in [1.82, 2.24) is 5.32 Å². The van der Waals surface area contributed by atoms with Gasteiger partial charge in [0.05, 0.1) is 12.0 Å². The summed E-state index contributed by atoms with van der Waals surface area (Å²) < 4.78 is 10.7. The smallest absolute Gasteiger partial charge is 0.227 e. The molecule has 0 bridgehead atoms. The number of nitrogens with two attached hydrogens (primary N) is 1. The molecule has 0 saturated carbocycles. The highest BCUT2D eigenvalue weighted by Crippen LogP contribution is 2.18. The molecule has 0 heterocycles. The van der Waals surface area contributed by atoms with Crippen LogP contribution in [0.1, 0.15) is 34.1 Å². The van der Waals surface area contributed by atoms with Crippen LogP contribution in [-0.4, -0.2) is 38.5 Å². The zero-order valence-corrected chi connectivity index (χ0v) is 11.4. The van der Waals surface area contributed by atoms with E-state index in [2.05, 4.69) is 5.32 Å². The Morgan fingerprint density at radius 3 is 2.18 bits per heavy atom. The van der Waals surface area contributed by atoms with Gasteiger partial charge in [0.25, 0.3) is 0 Å². The van der Waals surface area contributed by atoms with Gasteiger partial charge >= 0.3 is 0 Å². The number of ether oxygens (including phenoxy) is 2. The average Bonchev–Trinajstić information content (AvgIpc) is 2.35. The summed E-state index contributed by atoms with van der Waals surface area (Å²) in [5, 5.41) is 2.83. The van der Waals surface area contributed by atoms with Crippen molar-refractivity contribution in [2.24, 2.45) is 11.1 Å². The maximum absolute atomic E-state index is 11.9. The summed E-state index contributed by atoms with van der Waals surface area (Å²) >= 11 is 0. The van der Waals surface area contributed by atoms with Crippen molar-refractivity contribution in [2.45, 2.75) is 40.4 Å². The fourth-order valence-electron chi connectivity index (χ4n) is 1.32. The van der Waals surface area contributed by atoms with Gasteiger partial charge in [-0.3, -0.25) is 4.79 Å². The van der Waals surface area contributed by atoms with Crippen molar-refractivity contribution < 1.29 is 14.3 Å². The van der Waals surface area contributed by atoms with E-state index in [0.717, 1.165) is 0 Å². The minimum Gasteiger partial charge on any atom is -0.351 e. The number of hydrogen-bond acceptors (Lipinski definition) is 4. The highest BCUT2D eigenvalue weighted by Gasteiger charge is 2.29. The number of carbonyl (C=O) groups is 1. The summed E-state index contributed by atoms with van der Waals surface area (Å²) in [6.07, 6.45) is 0.330. The zero-order valence-electron chi connectivity index (χ0n) is 11.4. The van der Waals surface area contributed by atoms with Gasteiger partial charge < -0.3 is 20.5 Å².